The average Bonchev–Trinajstić information content (AvgIpc) is 3.00. The van der Waals surface area contributed by atoms with Crippen molar-refractivity contribution in [3.63, 3.8) is 0 Å². The molecule has 0 atom stereocenters. The second kappa shape index (κ2) is 9.39. The van der Waals surface area contributed by atoms with Crippen molar-refractivity contribution in [2.45, 2.75) is 33.4 Å². The number of fused-ring (bicyclic) bond motifs is 1. The minimum absolute atomic E-state index is 0.0556. The number of carbonyl (C=O) groups is 1. The van der Waals surface area contributed by atoms with Crippen molar-refractivity contribution in [3.05, 3.63) is 58.7 Å². The summed E-state index contributed by atoms with van der Waals surface area (Å²) in [5.74, 6) is -0.267. The van der Waals surface area contributed by atoms with E-state index in [1.54, 1.807) is 19.1 Å². The third-order valence-corrected chi connectivity index (χ3v) is 5.43. The summed E-state index contributed by atoms with van der Waals surface area (Å²) in [5, 5.41) is 11.6. The molecule has 0 saturated heterocycles. The Morgan fingerprint density at radius 2 is 1.73 bits per heavy atom. The van der Waals surface area contributed by atoms with Crippen LogP contribution in [0, 0.1) is 13.8 Å². The highest BCUT2D eigenvalue weighted by Gasteiger charge is 2.32. The second-order valence-corrected chi connectivity index (χ2v) is 8.60. The van der Waals surface area contributed by atoms with E-state index in [0.717, 1.165) is 23.3 Å². The second-order valence-electron chi connectivity index (χ2n) is 8.60. The number of Topliss-reactive ketones (excluding diaryl/α,β-unsaturated/α-hetero) is 1. The molecule has 0 aliphatic heterocycles. The quantitative estimate of drug-likeness (QED) is 0.488. The van der Waals surface area contributed by atoms with Crippen LogP contribution in [0.2, 0.25) is 0 Å². The van der Waals surface area contributed by atoms with Crippen LogP contribution in [0.25, 0.3) is 16.6 Å². The van der Waals surface area contributed by atoms with E-state index in [2.05, 4.69) is 4.99 Å². The van der Waals surface area contributed by atoms with E-state index in [1.165, 1.54) is 10.6 Å². The number of carbonyl (C=O) groups excluding carboxylic acids is 1. The van der Waals surface area contributed by atoms with Crippen LogP contribution in [-0.4, -0.2) is 53.3 Å². The van der Waals surface area contributed by atoms with E-state index in [1.807, 2.05) is 38.9 Å². The van der Waals surface area contributed by atoms with Crippen molar-refractivity contribution in [2.75, 3.05) is 27.2 Å². The summed E-state index contributed by atoms with van der Waals surface area (Å²) < 4.78 is 41.7. The molecule has 0 saturated carbocycles. The van der Waals surface area contributed by atoms with Crippen LogP contribution < -0.4 is 0 Å². The van der Waals surface area contributed by atoms with Crippen LogP contribution in [0.4, 0.5) is 13.2 Å². The third kappa shape index (κ3) is 5.45. The van der Waals surface area contributed by atoms with Gasteiger partial charge in [-0.3, -0.25) is 14.4 Å². The molecule has 8 heteroatoms. The van der Waals surface area contributed by atoms with Gasteiger partial charge in [-0.05, 0) is 70.3 Å². The first-order valence-electron chi connectivity index (χ1n) is 10.6. The Bertz CT molecular complexity index is 1200. The molecule has 0 aliphatic rings. The highest BCUT2D eigenvalue weighted by molar-refractivity contribution is 6.13. The molecule has 0 radical (unpaired) electrons. The maximum absolute atomic E-state index is 13.4. The van der Waals surface area contributed by atoms with Crippen LogP contribution >= 0.6 is 0 Å². The maximum atomic E-state index is 13.4. The molecule has 1 heterocycles. The molecule has 0 amide bonds. The number of aromatic nitrogens is 1. The summed E-state index contributed by atoms with van der Waals surface area (Å²) >= 11 is 0. The number of aryl methyl sites for hydroxylation is 2. The van der Waals surface area contributed by atoms with Gasteiger partial charge in [0.05, 0.1) is 23.2 Å². The highest BCUT2D eigenvalue weighted by atomic mass is 19.4. The third-order valence-electron chi connectivity index (χ3n) is 5.43. The van der Waals surface area contributed by atoms with E-state index >= 15 is 0 Å². The number of aromatic hydroxyl groups is 1. The number of hydrogen-bond acceptors (Lipinski definition) is 4. The molecule has 0 aliphatic carbocycles. The van der Waals surface area contributed by atoms with Gasteiger partial charge in [-0.15, -0.1) is 0 Å². The summed E-state index contributed by atoms with van der Waals surface area (Å²) in [5.41, 5.74) is 2.49. The molecule has 1 N–H and O–H groups in total. The Balaban J connectivity index is 2.17. The van der Waals surface area contributed by atoms with Gasteiger partial charge in [0.1, 0.15) is 0 Å². The van der Waals surface area contributed by atoms with E-state index < -0.39 is 11.7 Å². The molecular formula is C25H28F3N3O2. The van der Waals surface area contributed by atoms with Crippen molar-refractivity contribution in [1.29, 1.82) is 0 Å². The standard InChI is InChI=1S/C25H28F3N3O2/c1-15-10-16(2)12-19(11-15)31-22-13-18(25(26,27)28)6-7-21(22)23(24(31)33)17(3)29-14-20(32)8-9-30(4)5/h6-7,10-13,33H,8-9,14H2,1-5H3. The summed E-state index contributed by atoms with van der Waals surface area (Å²) in [6.45, 7) is 5.96. The lowest BCUT2D eigenvalue weighted by Gasteiger charge is -2.11. The van der Waals surface area contributed by atoms with Gasteiger partial charge in [0.15, 0.2) is 5.78 Å². The van der Waals surface area contributed by atoms with Gasteiger partial charge >= 0.3 is 6.18 Å². The normalized spacial score (nSPS) is 12.7. The van der Waals surface area contributed by atoms with Gasteiger partial charge in [0.2, 0.25) is 5.88 Å². The topological polar surface area (TPSA) is 57.8 Å². The van der Waals surface area contributed by atoms with E-state index in [4.69, 9.17) is 0 Å². The van der Waals surface area contributed by atoms with Crippen molar-refractivity contribution < 1.29 is 23.1 Å². The Labute approximate surface area is 191 Å². The lowest BCUT2D eigenvalue weighted by molar-refractivity contribution is -0.137. The number of halogens is 3. The van der Waals surface area contributed by atoms with Crippen LogP contribution in [0.1, 0.15) is 35.6 Å². The molecular weight excluding hydrogens is 431 g/mol. The van der Waals surface area contributed by atoms with Gasteiger partial charge in [0, 0.05) is 29.8 Å². The highest BCUT2D eigenvalue weighted by Crippen LogP contribution is 2.39. The minimum atomic E-state index is -4.52. The number of alkyl halides is 3. The first-order valence-corrected chi connectivity index (χ1v) is 10.6. The number of rotatable bonds is 7. The van der Waals surface area contributed by atoms with Crippen molar-refractivity contribution in [1.82, 2.24) is 9.47 Å². The van der Waals surface area contributed by atoms with E-state index in [0.29, 0.717) is 35.3 Å². The minimum Gasteiger partial charge on any atom is -0.494 e. The summed E-state index contributed by atoms with van der Waals surface area (Å²) in [7, 11) is 3.74. The predicted molar refractivity (Wildman–Crippen MR) is 125 cm³/mol. The first kappa shape index (κ1) is 24.5. The molecule has 2 aromatic carbocycles. The van der Waals surface area contributed by atoms with E-state index in [9.17, 15) is 23.1 Å². The van der Waals surface area contributed by atoms with Crippen LogP contribution in [0.3, 0.4) is 0 Å². The molecule has 3 aromatic rings. The number of benzene rings is 2. The lowest BCUT2D eigenvalue weighted by Crippen LogP contribution is -2.18. The molecule has 3 rings (SSSR count). The Morgan fingerprint density at radius 3 is 2.30 bits per heavy atom. The zero-order valence-electron chi connectivity index (χ0n) is 19.4. The van der Waals surface area contributed by atoms with Gasteiger partial charge in [-0.2, -0.15) is 13.2 Å². The molecule has 0 unspecified atom stereocenters. The summed E-state index contributed by atoms with van der Waals surface area (Å²) in [6, 6.07) is 8.92. The number of ketones is 1. The molecule has 5 nitrogen and oxygen atoms in total. The Hall–Kier alpha value is -3.13. The Kier molecular flexibility index (Phi) is 6.97. The average molecular weight is 460 g/mol. The van der Waals surface area contributed by atoms with E-state index in [-0.39, 0.29) is 23.7 Å². The number of hydrogen-bond donors (Lipinski definition) is 1. The van der Waals surface area contributed by atoms with Gasteiger partial charge in [-0.25, -0.2) is 0 Å². The van der Waals surface area contributed by atoms with Crippen molar-refractivity contribution >= 4 is 22.4 Å². The summed E-state index contributed by atoms with van der Waals surface area (Å²) in [4.78, 5) is 18.4. The number of nitrogens with zero attached hydrogens (tertiary/aromatic N) is 3. The van der Waals surface area contributed by atoms with Crippen molar-refractivity contribution in [2.24, 2.45) is 4.99 Å². The Morgan fingerprint density at radius 1 is 1.09 bits per heavy atom. The number of aliphatic imine (C=N–C) groups is 1. The molecule has 0 spiro atoms. The summed E-state index contributed by atoms with van der Waals surface area (Å²) in [6.07, 6.45) is -4.18. The molecule has 33 heavy (non-hydrogen) atoms. The smallest absolute Gasteiger partial charge is 0.416 e. The largest absolute Gasteiger partial charge is 0.494 e. The van der Waals surface area contributed by atoms with Crippen LogP contribution in [0.15, 0.2) is 41.4 Å². The SMILES string of the molecule is CC(=NCC(=O)CCN(C)C)c1c(O)n(-c2cc(C)cc(C)c2)c2cc(C(F)(F)F)ccc12. The maximum Gasteiger partial charge on any atom is 0.416 e. The fourth-order valence-electron chi connectivity index (χ4n) is 3.86. The lowest BCUT2D eigenvalue weighted by atomic mass is 10.1. The zero-order chi connectivity index (χ0) is 24.5. The molecule has 0 bridgehead atoms. The first-order chi connectivity index (χ1) is 15.4. The molecule has 0 fully saturated rings. The van der Waals surface area contributed by atoms with Gasteiger partial charge < -0.3 is 10.0 Å². The van der Waals surface area contributed by atoms with Gasteiger partial charge in [0.25, 0.3) is 0 Å². The fourth-order valence-corrected chi connectivity index (χ4v) is 3.86. The van der Waals surface area contributed by atoms with Crippen LogP contribution in [-0.2, 0) is 11.0 Å². The van der Waals surface area contributed by atoms with Gasteiger partial charge in [-0.1, -0.05) is 12.1 Å². The zero-order valence-corrected chi connectivity index (χ0v) is 19.4. The fraction of sp³-hybridized carbons (Fsp3) is 0.360. The predicted octanol–water partition coefficient (Wildman–Crippen LogP) is 5.30. The van der Waals surface area contributed by atoms with Crippen LogP contribution in [0.5, 0.6) is 5.88 Å². The molecule has 1 aromatic heterocycles. The molecule has 176 valence electrons. The monoisotopic (exact) mass is 459 g/mol. The van der Waals surface area contributed by atoms with Crippen molar-refractivity contribution in [3.8, 4) is 11.6 Å².